The van der Waals surface area contributed by atoms with E-state index in [9.17, 15) is 5.26 Å². The third-order valence-corrected chi connectivity index (χ3v) is 4.11. The van der Waals surface area contributed by atoms with Crippen molar-refractivity contribution >= 4 is 0 Å². The SMILES string of the molecule is CC(NCc1ccc(-c2ccccc2C#N)cc1)c1cccnc1. The molecule has 0 radical (unpaired) electrons. The molecule has 0 saturated carbocycles. The predicted octanol–water partition coefficient (Wildman–Crippen LogP) is 4.47. The number of aromatic nitrogens is 1. The van der Waals surface area contributed by atoms with Crippen LogP contribution in [-0.2, 0) is 6.54 Å². The van der Waals surface area contributed by atoms with Gasteiger partial charge in [-0.3, -0.25) is 4.98 Å². The first kappa shape index (κ1) is 15.9. The van der Waals surface area contributed by atoms with Crippen LogP contribution in [-0.4, -0.2) is 4.98 Å². The van der Waals surface area contributed by atoms with E-state index < -0.39 is 0 Å². The Balaban J connectivity index is 1.68. The molecule has 24 heavy (non-hydrogen) atoms. The molecule has 2 aromatic carbocycles. The van der Waals surface area contributed by atoms with E-state index in [1.165, 1.54) is 11.1 Å². The zero-order chi connectivity index (χ0) is 16.8. The van der Waals surface area contributed by atoms with Gasteiger partial charge in [0.25, 0.3) is 0 Å². The van der Waals surface area contributed by atoms with Crippen LogP contribution in [0.4, 0.5) is 0 Å². The lowest BCUT2D eigenvalue weighted by Gasteiger charge is -2.14. The Kier molecular flexibility index (Phi) is 5.00. The van der Waals surface area contributed by atoms with E-state index in [0.717, 1.165) is 17.7 Å². The average molecular weight is 313 g/mol. The van der Waals surface area contributed by atoms with Crippen molar-refractivity contribution in [1.29, 1.82) is 5.26 Å². The quantitative estimate of drug-likeness (QED) is 0.756. The smallest absolute Gasteiger partial charge is 0.0998 e. The van der Waals surface area contributed by atoms with Crippen molar-refractivity contribution < 1.29 is 0 Å². The molecule has 3 nitrogen and oxygen atoms in total. The number of rotatable bonds is 5. The molecule has 0 aliphatic heterocycles. The molecule has 1 aromatic heterocycles. The minimum Gasteiger partial charge on any atom is -0.306 e. The molecule has 1 atom stereocenters. The second kappa shape index (κ2) is 7.54. The summed E-state index contributed by atoms with van der Waals surface area (Å²) in [6.07, 6.45) is 3.67. The van der Waals surface area contributed by atoms with Crippen molar-refractivity contribution in [1.82, 2.24) is 10.3 Å². The zero-order valence-electron chi connectivity index (χ0n) is 13.6. The lowest BCUT2D eigenvalue weighted by atomic mass is 9.99. The Labute approximate surface area is 142 Å². The standard InChI is InChI=1S/C21H19N3/c1-16(20-6-4-12-23-15-20)24-14-17-8-10-18(11-9-17)21-7-3-2-5-19(21)13-22/h2-12,15-16,24H,14H2,1H3. The van der Waals surface area contributed by atoms with Gasteiger partial charge in [-0.05, 0) is 41.3 Å². The minimum absolute atomic E-state index is 0.248. The van der Waals surface area contributed by atoms with Gasteiger partial charge in [0.2, 0.25) is 0 Å². The Morgan fingerprint density at radius 3 is 2.54 bits per heavy atom. The number of hydrogen-bond donors (Lipinski definition) is 1. The molecule has 0 aliphatic carbocycles. The van der Waals surface area contributed by atoms with E-state index in [0.29, 0.717) is 5.56 Å². The highest BCUT2D eigenvalue weighted by Gasteiger charge is 2.06. The molecule has 0 saturated heterocycles. The van der Waals surface area contributed by atoms with Crippen molar-refractivity contribution in [3.63, 3.8) is 0 Å². The summed E-state index contributed by atoms with van der Waals surface area (Å²) in [4.78, 5) is 4.16. The van der Waals surface area contributed by atoms with Gasteiger partial charge in [-0.25, -0.2) is 0 Å². The average Bonchev–Trinajstić information content (AvgIpc) is 2.67. The lowest BCUT2D eigenvalue weighted by Crippen LogP contribution is -2.18. The molecule has 0 fully saturated rings. The van der Waals surface area contributed by atoms with Crippen LogP contribution in [0.25, 0.3) is 11.1 Å². The number of benzene rings is 2. The second-order valence-electron chi connectivity index (χ2n) is 5.74. The van der Waals surface area contributed by atoms with Crippen LogP contribution in [0.1, 0.15) is 29.7 Å². The maximum absolute atomic E-state index is 9.22. The van der Waals surface area contributed by atoms with Crippen LogP contribution in [0.2, 0.25) is 0 Å². The number of nitriles is 1. The number of hydrogen-bond acceptors (Lipinski definition) is 3. The first-order valence-corrected chi connectivity index (χ1v) is 7.99. The van der Waals surface area contributed by atoms with Crippen molar-refractivity contribution in [2.45, 2.75) is 19.5 Å². The Hall–Kier alpha value is -2.96. The molecule has 1 unspecified atom stereocenters. The van der Waals surface area contributed by atoms with Crippen molar-refractivity contribution in [3.05, 3.63) is 89.7 Å². The molecule has 0 aliphatic rings. The van der Waals surface area contributed by atoms with E-state index in [4.69, 9.17) is 0 Å². The minimum atomic E-state index is 0.248. The normalized spacial score (nSPS) is 11.7. The van der Waals surface area contributed by atoms with Crippen LogP contribution >= 0.6 is 0 Å². The van der Waals surface area contributed by atoms with E-state index in [-0.39, 0.29) is 6.04 Å². The summed E-state index contributed by atoms with van der Waals surface area (Å²) < 4.78 is 0. The summed E-state index contributed by atoms with van der Waals surface area (Å²) in [6, 6.07) is 22.6. The van der Waals surface area contributed by atoms with Crippen molar-refractivity contribution in [2.24, 2.45) is 0 Å². The van der Waals surface area contributed by atoms with Crippen LogP contribution < -0.4 is 5.32 Å². The highest BCUT2D eigenvalue weighted by molar-refractivity contribution is 5.70. The Morgan fingerprint density at radius 2 is 1.83 bits per heavy atom. The van der Waals surface area contributed by atoms with Gasteiger partial charge in [0.15, 0.2) is 0 Å². The molecule has 0 bridgehead atoms. The van der Waals surface area contributed by atoms with E-state index >= 15 is 0 Å². The summed E-state index contributed by atoms with van der Waals surface area (Å²) >= 11 is 0. The third kappa shape index (κ3) is 3.68. The summed E-state index contributed by atoms with van der Waals surface area (Å²) in [6.45, 7) is 2.92. The lowest BCUT2D eigenvalue weighted by molar-refractivity contribution is 0.573. The van der Waals surface area contributed by atoms with E-state index in [1.54, 1.807) is 6.20 Å². The highest BCUT2D eigenvalue weighted by atomic mass is 14.9. The summed E-state index contributed by atoms with van der Waals surface area (Å²) in [5, 5.41) is 12.7. The molecule has 3 heteroatoms. The van der Waals surface area contributed by atoms with Gasteiger partial charge in [-0.2, -0.15) is 5.26 Å². The van der Waals surface area contributed by atoms with E-state index in [2.05, 4.69) is 53.6 Å². The van der Waals surface area contributed by atoms with Gasteiger partial charge in [0, 0.05) is 25.0 Å². The van der Waals surface area contributed by atoms with Gasteiger partial charge < -0.3 is 5.32 Å². The molecule has 1 N–H and O–H groups in total. The van der Waals surface area contributed by atoms with Gasteiger partial charge in [-0.15, -0.1) is 0 Å². The fraction of sp³-hybridized carbons (Fsp3) is 0.143. The van der Waals surface area contributed by atoms with Gasteiger partial charge in [-0.1, -0.05) is 48.5 Å². The number of pyridine rings is 1. The first-order valence-electron chi connectivity index (χ1n) is 7.99. The van der Waals surface area contributed by atoms with Crippen molar-refractivity contribution in [2.75, 3.05) is 0 Å². The maximum atomic E-state index is 9.22. The maximum Gasteiger partial charge on any atom is 0.0998 e. The number of nitrogens with zero attached hydrogens (tertiary/aromatic N) is 2. The van der Waals surface area contributed by atoms with E-state index in [1.807, 2.05) is 36.5 Å². The monoisotopic (exact) mass is 313 g/mol. The predicted molar refractivity (Wildman–Crippen MR) is 96.1 cm³/mol. The van der Waals surface area contributed by atoms with Crippen LogP contribution in [0.5, 0.6) is 0 Å². The zero-order valence-corrected chi connectivity index (χ0v) is 13.6. The molecule has 3 rings (SSSR count). The molecule has 1 heterocycles. The largest absolute Gasteiger partial charge is 0.306 e. The summed E-state index contributed by atoms with van der Waals surface area (Å²) in [5.74, 6) is 0. The van der Waals surface area contributed by atoms with Crippen molar-refractivity contribution in [3.8, 4) is 17.2 Å². The molecular formula is C21H19N3. The topological polar surface area (TPSA) is 48.7 Å². The van der Waals surface area contributed by atoms with Crippen LogP contribution in [0.3, 0.4) is 0 Å². The molecule has 118 valence electrons. The Morgan fingerprint density at radius 1 is 1.04 bits per heavy atom. The van der Waals surface area contributed by atoms with Crippen LogP contribution in [0.15, 0.2) is 73.1 Å². The summed E-state index contributed by atoms with van der Waals surface area (Å²) in [7, 11) is 0. The molecule has 0 amide bonds. The molecular weight excluding hydrogens is 294 g/mol. The number of nitrogens with one attached hydrogen (secondary N) is 1. The summed E-state index contributed by atoms with van der Waals surface area (Å²) in [5.41, 5.74) is 5.13. The van der Waals surface area contributed by atoms with Gasteiger partial charge >= 0.3 is 0 Å². The highest BCUT2D eigenvalue weighted by Crippen LogP contribution is 2.23. The Bertz CT molecular complexity index is 833. The second-order valence-corrected chi connectivity index (χ2v) is 5.74. The van der Waals surface area contributed by atoms with Gasteiger partial charge in [0.1, 0.15) is 0 Å². The van der Waals surface area contributed by atoms with Gasteiger partial charge in [0.05, 0.1) is 11.6 Å². The first-order chi connectivity index (χ1) is 11.8. The fourth-order valence-corrected chi connectivity index (χ4v) is 2.66. The molecule has 3 aromatic rings. The third-order valence-electron chi connectivity index (χ3n) is 4.11. The van der Waals surface area contributed by atoms with Crippen LogP contribution in [0, 0.1) is 11.3 Å². The fourth-order valence-electron chi connectivity index (χ4n) is 2.66. The molecule has 0 spiro atoms.